The SMILES string of the molecule is Cn1ncnc1CN=C(N)Nc1cccc2c1CCCC2.I. The Kier molecular flexibility index (Phi) is 5.76. The fourth-order valence-electron chi connectivity index (χ4n) is 2.70. The summed E-state index contributed by atoms with van der Waals surface area (Å²) in [5, 5.41) is 7.23. The summed E-state index contributed by atoms with van der Waals surface area (Å²) in [6.45, 7) is 0.421. The maximum Gasteiger partial charge on any atom is 0.193 e. The standard InChI is InChI=1S/C15H20N6.HI/c1-21-14(18-10-19-21)9-17-15(16)20-13-8-4-6-11-5-2-3-7-12(11)13;/h4,6,8,10H,2-3,5,7,9H2,1H3,(H3,16,17,20);1H. The molecule has 7 heteroatoms. The minimum Gasteiger partial charge on any atom is -0.370 e. The van der Waals surface area contributed by atoms with Gasteiger partial charge < -0.3 is 11.1 Å². The van der Waals surface area contributed by atoms with Gasteiger partial charge in [-0.2, -0.15) is 5.10 Å². The first-order chi connectivity index (χ1) is 10.2. The highest BCUT2D eigenvalue weighted by Gasteiger charge is 2.13. The van der Waals surface area contributed by atoms with Crippen molar-refractivity contribution in [3.8, 4) is 0 Å². The normalized spacial score (nSPS) is 14.1. The molecule has 2 aromatic rings. The molecule has 0 atom stereocenters. The van der Waals surface area contributed by atoms with Crippen LogP contribution in [0.1, 0.15) is 29.8 Å². The van der Waals surface area contributed by atoms with Gasteiger partial charge in [0, 0.05) is 12.7 Å². The van der Waals surface area contributed by atoms with Crippen LogP contribution in [0.15, 0.2) is 29.5 Å². The van der Waals surface area contributed by atoms with Gasteiger partial charge in [-0.1, -0.05) is 12.1 Å². The first kappa shape index (κ1) is 16.7. The van der Waals surface area contributed by atoms with Crippen molar-refractivity contribution in [1.82, 2.24) is 14.8 Å². The summed E-state index contributed by atoms with van der Waals surface area (Å²) < 4.78 is 1.70. The predicted octanol–water partition coefficient (Wildman–Crippen LogP) is 2.24. The Balaban J connectivity index is 0.00000176. The molecule has 3 N–H and O–H groups in total. The number of guanidine groups is 1. The molecule has 118 valence electrons. The van der Waals surface area contributed by atoms with Crippen molar-refractivity contribution in [3.05, 3.63) is 41.5 Å². The molecule has 1 aliphatic carbocycles. The third kappa shape index (κ3) is 3.76. The Bertz CT molecular complexity index is 664. The summed E-state index contributed by atoms with van der Waals surface area (Å²) in [6.07, 6.45) is 6.28. The Morgan fingerprint density at radius 1 is 1.36 bits per heavy atom. The molecule has 3 rings (SSSR count). The molecule has 0 bridgehead atoms. The maximum absolute atomic E-state index is 5.99. The van der Waals surface area contributed by atoms with Crippen molar-refractivity contribution in [2.24, 2.45) is 17.8 Å². The third-order valence-electron chi connectivity index (χ3n) is 3.85. The monoisotopic (exact) mass is 412 g/mol. The Hall–Kier alpha value is -1.64. The molecule has 0 unspecified atom stereocenters. The predicted molar refractivity (Wildman–Crippen MR) is 98.5 cm³/mol. The number of fused-ring (bicyclic) bond motifs is 1. The Labute approximate surface area is 147 Å². The lowest BCUT2D eigenvalue weighted by molar-refractivity contribution is 0.687. The van der Waals surface area contributed by atoms with E-state index in [1.54, 1.807) is 4.68 Å². The molecule has 1 aliphatic rings. The number of aryl methyl sites for hydroxylation is 2. The van der Waals surface area contributed by atoms with Crippen LogP contribution in [0.3, 0.4) is 0 Å². The summed E-state index contributed by atoms with van der Waals surface area (Å²) in [7, 11) is 1.84. The van der Waals surface area contributed by atoms with Crippen LogP contribution < -0.4 is 11.1 Å². The van der Waals surface area contributed by atoms with Gasteiger partial charge in [0.15, 0.2) is 5.96 Å². The van der Waals surface area contributed by atoms with Crippen molar-refractivity contribution >= 4 is 35.6 Å². The average molecular weight is 412 g/mol. The molecule has 6 nitrogen and oxygen atoms in total. The number of nitrogens with one attached hydrogen (secondary N) is 1. The molecular formula is C15H21IN6. The highest BCUT2D eigenvalue weighted by molar-refractivity contribution is 14.0. The second kappa shape index (κ2) is 7.57. The van der Waals surface area contributed by atoms with Crippen LogP contribution in [0, 0.1) is 0 Å². The number of hydrogen-bond acceptors (Lipinski definition) is 3. The number of aromatic nitrogens is 3. The quantitative estimate of drug-likeness (QED) is 0.461. The van der Waals surface area contributed by atoms with E-state index in [9.17, 15) is 0 Å². The summed E-state index contributed by atoms with van der Waals surface area (Å²) >= 11 is 0. The van der Waals surface area contributed by atoms with Crippen LogP contribution in [0.4, 0.5) is 5.69 Å². The van der Waals surface area contributed by atoms with E-state index in [0.717, 1.165) is 24.4 Å². The van der Waals surface area contributed by atoms with Gasteiger partial charge in [0.05, 0.1) is 0 Å². The Morgan fingerprint density at radius 3 is 2.95 bits per heavy atom. The second-order valence-corrected chi connectivity index (χ2v) is 5.28. The molecule has 0 saturated carbocycles. The van der Waals surface area contributed by atoms with Gasteiger partial charge in [0.25, 0.3) is 0 Å². The van der Waals surface area contributed by atoms with Crippen molar-refractivity contribution in [1.29, 1.82) is 0 Å². The number of rotatable bonds is 3. The lowest BCUT2D eigenvalue weighted by atomic mass is 9.90. The highest BCUT2D eigenvalue weighted by atomic mass is 127. The molecule has 0 saturated heterocycles. The van der Waals surface area contributed by atoms with Crippen LogP contribution >= 0.6 is 24.0 Å². The van der Waals surface area contributed by atoms with E-state index in [4.69, 9.17) is 5.73 Å². The van der Waals surface area contributed by atoms with E-state index in [0.29, 0.717) is 12.5 Å². The molecule has 1 aromatic carbocycles. The van der Waals surface area contributed by atoms with E-state index in [-0.39, 0.29) is 24.0 Å². The number of nitrogens with two attached hydrogens (primary N) is 1. The average Bonchev–Trinajstić information content (AvgIpc) is 2.91. The minimum atomic E-state index is 0. The number of anilines is 1. The molecule has 1 heterocycles. The molecular weight excluding hydrogens is 391 g/mol. The van der Waals surface area contributed by atoms with E-state index < -0.39 is 0 Å². The zero-order chi connectivity index (χ0) is 14.7. The van der Waals surface area contributed by atoms with Gasteiger partial charge in [-0.3, -0.25) is 4.68 Å². The number of nitrogens with zero attached hydrogens (tertiary/aromatic N) is 4. The van der Waals surface area contributed by atoms with Gasteiger partial charge in [-0.15, -0.1) is 24.0 Å². The van der Waals surface area contributed by atoms with Gasteiger partial charge in [0.2, 0.25) is 0 Å². The van der Waals surface area contributed by atoms with Crippen molar-refractivity contribution in [2.75, 3.05) is 5.32 Å². The topological polar surface area (TPSA) is 81.1 Å². The number of hydrogen-bond donors (Lipinski definition) is 2. The number of benzene rings is 1. The summed E-state index contributed by atoms with van der Waals surface area (Å²) in [6, 6.07) is 6.34. The molecule has 0 amide bonds. The molecule has 22 heavy (non-hydrogen) atoms. The summed E-state index contributed by atoms with van der Waals surface area (Å²) in [4.78, 5) is 8.46. The van der Waals surface area contributed by atoms with E-state index in [1.165, 1.54) is 30.3 Å². The van der Waals surface area contributed by atoms with Crippen LogP contribution in [0.2, 0.25) is 0 Å². The zero-order valence-corrected chi connectivity index (χ0v) is 14.9. The maximum atomic E-state index is 5.99. The zero-order valence-electron chi connectivity index (χ0n) is 12.6. The second-order valence-electron chi connectivity index (χ2n) is 5.28. The van der Waals surface area contributed by atoms with Gasteiger partial charge in [0.1, 0.15) is 18.7 Å². The minimum absolute atomic E-state index is 0. The summed E-state index contributed by atoms with van der Waals surface area (Å²) in [5.74, 6) is 1.20. The van der Waals surface area contributed by atoms with Crippen molar-refractivity contribution in [3.63, 3.8) is 0 Å². The first-order valence-corrected chi connectivity index (χ1v) is 7.24. The fourth-order valence-corrected chi connectivity index (χ4v) is 2.70. The van der Waals surface area contributed by atoms with Crippen molar-refractivity contribution < 1.29 is 0 Å². The van der Waals surface area contributed by atoms with Crippen LogP contribution in [0.5, 0.6) is 0 Å². The molecule has 0 fully saturated rings. The summed E-state index contributed by atoms with van der Waals surface area (Å²) in [5.41, 5.74) is 9.86. The molecule has 0 aliphatic heterocycles. The largest absolute Gasteiger partial charge is 0.370 e. The van der Waals surface area contributed by atoms with Gasteiger partial charge in [-0.25, -0.2) is 9.98 Å². The van der Waals surface area contributed by atoms with Crippen LogP contribution in [-0.2, 0) is 26.4 Å². The molecule has 0 radical (unpaired) electrons. The number of aliphatic imine (C=N–C) groups is 1. The molecule has 1 aromatic heterocycles. The van der Waals surface area contributed by atoms with Crippen LogP contribution in [0.25, 0.3) is 0 Å². The van der Waals surface area contributed by atoms with Crippen LogP contribution in [-0.4, -0.2) is 20.7 Å². The number of halogens is 1. The fraction of sp³-hybridized carbons (Fsp3) is 0.400. The van der Waals surface area contributed by atoms with E-state index in [1.807, 2.05) is 7.05 Å². The first-order valence-electron chi connectivity index (χ1n) is 7.24. The highest BCUT2D eigenvalue weighted by Crippen LogP contribution is 2.27. The lowest BCUT2D eigenvalue weighted by Crippen LogP contribution is -2.24. The smallest absolute Gasteiger partial charge is 0.193 e. The van der Waals surface area contributed by atoms with Gasteiger partial charge >= 0.3 is 0 Å². The van der Waals surface area contributed by atoms with E-state index in [2.05, 4.69) is 38.6 Å². The van der Waals surface area contributed by atoms with Crippen molar-refractivity contribution in [2.45, 2.75) is 32.2 Å². The van der Waals surface area contributed by atoms with Gasteiger partial charge in [-0.05, 0) is 42.9 Å². The molecule has 0 spiro atoms. The lowest BCUT2D eigenvalue weighted by Gasteiger charge is -2.19. The Morgan fingerprint density at radius 2 is 2.18 bits per heavy atom. The van der Waals surface area contributed by atoms with E-state index >= 15 is 0 Å². The third-order valence-corrected chi connectivity index (χ3v) is 3.85.